The number of benzene rings is 3. The zero-order valence-electron chi connectivity index (χ0n) is 22.7. The van der Waals surface area contributed by atoms with Crippen LogP contribution < -0.4 is 21.8 Å². The number of carbonyl (C=O) groups is 3. The van der Waals surface area contributed by atoms with Crippen LogP contribution in [0, 0.1) is 11.8 Å². The molecule has 1 aliphatic heterocycles. The Balaban J connectivity index is 1.51. The number of hydrogen-bond acceptors (Lipinski definition) is 4. The van der Waals surface area contributed by atoms with E-state index < -0.39 is 5.92 Å². The van der Waals surface area contributed by atoms with Crippen molar-refractivity contribution < 1.29 is 14.4 Å². The largest absolute Gasteiger partial charge is 0.397 e. The van der Waals surface area contributed by atoms with E-state index in [1.807, 2.05) is 87.3 Å². The lowest BCUT2D eigenvalue weighted by atomic mass is 9.84. The Labute approximate surface area is 230 Å². The first-order valence-electron chi connectivity index (χ1n) is 13.3. The summed E-state index contributed by atoms with van der Waals surface area (Å²) in [5.41, 5.74) is 10.5. The molecule has 0 aliphatic carbocycles. The summed E-state index contributed by atoms with van der Waals surface area (Å²) in [6, 6.07) is 22.5. The molecule has 3 aromatic rings. The maximum atomic E-state index is 13.6. The lowest BCUT2D eigenvalue weighted by Gasteiger charge is -2.25. The van der Waals surface area contributed by atoms with E-state index in [-0.39, 0.29) is 29.6 Å². The number of nitrogens with one attached hydrogen (secondary N) is 2. The second kappa shape index (κ2) is 12.5. The number of rotatable bonds is 8. The molecule has 3 aromatic carbocycles. The van der Waals surface area contributed by atoms with E-state index in [0.29, 0.717) is 24.5 Å². The van der Waals surface area contributed by atoms with Crippen LogP contribution in [0.25, 0.3) is 6.08 Å². The van der Waals surface area contributed by atoms with Crippen LogP contribution in [0.2, 0.25) is 0 Å². The second-order valence-electron chi connectivity index (χ2n) is 10.4. The third-order valence-corrected chi connectivity index (χ3v) is 7.04. The number of carbonyl (C=O) groups excluding carboxylic acids is 3. The maximum Gasteiger partial charge on any atom is 0.248 e. The summed E-state index contributed by atoms with van der Waals surface area (Å²) in [7, 11) is 2.00. The molecule has 0 radical (unpaired) electrons. The molecule has 4 rings (SSSR count). The van der Waals surface area contributed by atoms with Crippen molar-refractivity contribution in [3.63, 3.8) is 0 Å². The van der Waals surface area contributed by atoms with Crippen molar-refractivity contribution >= 4 is 54.2 Å². The fraction of sp³-hybridized carbons (Fsp3) is 0.258. The van der Waals surface area contributed by atoms with Crippen molar-refractivity contribution in [3.8, 4) is 0 Å². The van der Waals surface area contributed by atoms with Gasteiger partial charge in [0.2, 0.25) is 17.7 Å². The van der Waals surface area contributed by atoms with Crippen LogP contribution in [0.5, 0.6) is 0 Å². The van der Waals surface area contributed by atoms with E-state index in [0.717, 1.165) is 28.7 Å². The number of likely N-dealkylation sites (tertiary alicyclic amines) is 1. The molecule has 39 heavy (non-hydrogen) atoms. The molecule has 4 N–H and O–H groups in total. The predicted molar refractivity (Wildman–Crippen MR) is 160 cm³/mol. The average Bonchev–Trinajstić information content (AvgIpc) is 3.40. The SMILES string of the molecule is Bc1ccc(NC(=O)C(c2ccc(/C=C/C(=O)Nc3ccccc3N)cc2)C2CCN(C(=O)C(C)C)C2)cc1. The summed E-state index contributed by atoms with van der Waals surface area (Å²) in [5, 5.41) is 5.85. The summed E-state index contributed by atoms with van der Waals surface area (Å²) in [5.74, 6) is -0.754. The zero-order chi connectivity index (χ0) is 27.9. The monoisotopic (exact) mass is 522 g/mol. The third kappa shape index (κ3) is 7.16. The standard InChI is InChI=1S/C31H35BN4O3/c1-20(2)31(39)36-18-17-23(19-36)29(30(38)34-25-14-12-24(32)13-15-25)22-10-7-21(8-11-22)9-16-28(37)35-27-6-4-3-5-26(27)33/h3-16,20,23,29H,17-19,32-33H2,1-2H3,(H,34,38)(H,35,37)/b16-9+. The summed E-state index contributed by atoms with van der Waals surface area (Å²) in [6.07, 6.45) is 3.93. The molecule has 200 valence electrons. The Bertz CT molecular complexity index is 1350. The molecule has 0 aromatic heterocycles. The van der Waals surface area contributed by atoms with Gasteiger partial charge in [-0.25, -0.2) is 0 Å². The summed E-state index contributed by atoms with van der Waals surface area (Å²) in [4.78, 5) is 40.5. The highest BCUT2D eigenvalue weighted by Crippen LogP contribution is 2.34. The number of para-hydroxylation sites is 2. The molecule has 0 bridgehead atoms. The van der Waals surface area contributed by atoms with Crippen molar-refractivity contribution in [1.29, 1.82) is 0 Å². The molecule has 1 fully saturated rings. The molecule has 1 heterocycles. The first kappa shape index (κ1) is 27.7. The topological polar surface area (TPSA) is 105 Å². The molecular weight excluding hydrogens is 487 g/mol. The van der Waals surface area contributed by atoms with Gasteiger partial charge in [-0.15, -0.1) is 0 Å². The van der Waals surface area contributed by atoms with Gasteiger partial charge in [-0.05, 0) is 53.8 Å². The van der Waals surface area contributed by atoms with Gasteiger partial charge >= 0.3 is 0 Å². The Hall–Kier alpha value is -4.33. The van der Waals surface area contributed by atoms with E-state index >= 15 is 0 Å². The van der Waals surface area contributed by atoms with Gasteiger partial charge < -0.3 is 21.3 Å². The lowest BCUT2D eigenvalue weighted by Crippen LogP contribution is -2.34. The summed E-state index contributed by atoms with van der Waals surface area (Å²) < 4.78 is 0. The molecule has 3 amide bonds. The van der Waals surface area contributed by atoms with Crippen molar-refractivity contribution in [2.45, 2.75) is 26.2 Å². The van der Waals surface area contributed by atoms with Crippen LogP contribution in [0.4, 0.5) is 17.1 Å². The highest BCUT2D eigenvalue weighted by molar-refractivity contribution is 6.32. The lowest BCUT2D eigenvalue weighted by molar-refractivity contribution is -0.133. The zero-order valence-corrected chi connectivity index (χ0v) is 22.7. The van der Waals surface area contributed by atoms with Gasteiger partial charge in [0.1, 0.15) is 7.85 Å². The van der Waals surface area contributed by atoms with E-state index in [1.54, 1.807) is 18.2 Å². The van der Waals surface area contributed by atoms with Gasteiger partial charge in [-0.1, -0.05) is 67.8 Å². The molecule has 1 aliphatic rings. The van der Waals surface area contributed by atoms with Crippen molar-refractivity contribution in [1.82, 2.24) is 4.90 Å². The van der Waals surface area contributed by atoms with Crippen LogP contribution >= 0.6 is 0 Å². The minimum Gasteiger partial charge on any atom is -0.397 e. The Kier molecular flexibility index (Phi) is 8.86. The number of nitrogens with zero attached hydrogens (tertiary/aromatic N) is 1. The Morgan fingerprint density at radius 1 is 0.974 bits per heavy atom. The fourth-order valence-electron chi connectivity index (χ4n) is 4.89. The number of anilines is 3. The van der Waals surface area contributed by atoms with Crippen molar-refractivity contribution in [2.24, 2.45) is 11.8 Å². The normalized spacial score (nSPS) is 15.9. The molecule has 2 unspecified atom stereocenters. The molecule has 2 atom stereocenters. The fourth-order valence-corrected chi connectivity index (χ4v) is 4.89. The Morgan fingerprint density at radius 3 is 2.33 bits per heavy atom. The van der Waals surface area contributed by atoms with E-state index in [4.69, 9.17) is 5.73 Å². The molecule has 8 heteroatoms. The van der Waals surface area contributed by atoms with Crippen molar-refractivity contribution in [2.75, 3.05) is 29.5 Å². The molecule has 1 saturated heterocycles. The van der Waals surface area contributed by atoms with Gasteiger partial charge in [-0.2, -0.15) is 0 Å². The quantitative estimate of drug-likeness (QED) is 0.240. The van der Waals surface area contributed by atoms with E-state index in [9.17, 15) is 14.4 Å². The smallest absolute Gasteiger partial charge is 0.248 e. The van der Waals surface area contributed by atoms with Gasteiger partial charge in [0.05, 0.1) is 17.3 Å². The number of nitrogen functional groups attached to an aromatic ring is 1. The predicted octanol–water partition coefficient (Wildman–Crippen LogP) is 3.41. The summed E-state index contributed by atoms with van der Waals surface area (Å²) in [6.45, 7) is 5.00. The third-order valence-electron chi connectivity index (χ3n) is 7.04. The summed E-state index contributed by atoms with van der Waals surface area (Å²) >= 11 is 0. The van der Waals surface area contributed by atoms with Gasteiger partial charge in [-0.3, -0.25) is 14.4 Å². The van der Waals surface area contributed by atoms with Crippen LogP contribution in [0.3, 0.4) is 0 Å². The second-order valence-corrected chi connectivity index (χ2v) is 10.4. The average molecular weight is 522 g/mol. The Morgan fingerprint density at radius 2 is 1.67 bits per heavy atom. The minimum absolute atomic E-state index is 0.00153. The first-order chi connectivity index (χ1) is 18.7. The van der Waals surface area contributed by atoms with Crippen LogP contribution in [-0.4, -0.2) is 43.6 Å². The minimum atomic E-state index is -0.418. The van der Waals surface area contributed by atoms with Gasteiger partial charge in [0.25, 0.3) is 0 Å². The van der Waals surface area contributed by atoms with Gasteiger partial charge in [0, 0.05) is 30.8 Å². The molecular formula is C31H35BN4O3. The number of amides is 3. The molecule has 0 spiro atoms. The number of nitrogens with two attached hydrogens (primary N) is 1. The van der Waals surface area contributed by atoms with E-state index in [2.05, 4.69) is 10.6 Å². The molecule has 7 nitrogen and oxygen atoms in total. The van der Waals surface area contributed by atoms with E-state index in [1.165, 1.54) is 6.08 Å². The van der Waals surface area contributed by atoms with Crippen LogP contribution in [0.15, 0.2) is 78.9 Å². The van der Waals surface area contributed by atoms with Crippen LogP contribution in [-0.2, 0) is 14.4 Å². The highest BCUT2D eigenvalue weighted by atomic mass is 16.2. The number of hydrogen-bond donors (Lipinski definition) is 3. The van der Waals surface area contributed by atoms with Gasteiger partial charge in [0.15, 0.2) is 0 Å². The molecule has 0 saturated carbocycles. The van der Waals surface area contributed by atoms with Crippen molar-refractivity contribution in [3.05, 3.63) is 90.0 Å². The first-order valence-corrected chi connectivity index (χ1v) is 13.3. The highest BCUT2D eigenvalue weighted by Gasteiger charge is 2.37. The van der Waals surface area contributed by atoms with Crippen LogP contribution in [0.1, 0.15) is 37.3 Å². The maximum absolute atomic E-state index is 13.6.